The number of fused-ring (bicyclic) bond motifs is 3. The van der Waals surface area contributed by atoms with E-state index in [1.54, 1.807) is 0 Å². The lowest BCUT2D eigenvalue weighted by Crippen LogP contribution is -2.30. The summed E-state index contributed by atoms with van der Waals surface area (Å²) >= 11 is 3.70. The maximum absolute atomic E-state index is 11.0. The van der Waals surface area contributed by atoms with Crippen molar-refractivity contribution in [2.75, 3.05) is 19.6 Å². The molecule has 3 heteroatoms. The van der Waals surface area contributed by atoms with Gasteiger partial charge in [-0.3, -0.25) is 0 Å². The quantitative estimate of drug-likeness (QED) is 0.239. The molecule has 0 aromatic heterocycles. The van der Waals surface area contributed by atoms with Gasteiger partial charge in [0.1, 0.15) is 0 Å². The van der Waals surface area contributed by atoms with Crippen molar-refractivity contribution in [1.29, 1.82) is 0 Å². The van der Waals surface area contributed by atoms with Crippen LogP contribution in [0.3, 0.4) is 0 Å². The summed E-state index contributed by atoms with van der Waals surface area (Å²) in [5.41, 5.74) is 1.01. The number of benzene rings is 3. The fourth-order valence-corrected chi connectivity index (χ4v) is 4.69. The third-order valence-electron chi connectivity index (χ3n) is 5.81. The van der Waals surface area contributed by atoms with Gasteiger partial charge in [0, 0.05) is 11.0 Å². The minimum atomic E-state index is -0.454. The van der Waals surface area contributed by atoms with Crippen LogP contribution in [0, 0.1) is 0 Å². The van der Waals surface area contributed by atoms with Gasteiger partial charge < -0.3 is 10.0 Å². The normalized spacial score (nSPS) is 12.9. The zero-order valence-corrected chi connectivity index (χ0v) is 19.4. The lowest BCUT2D eigenvalue weighted by Gasteiger charge is -2.25. The number of unbranched alkanes of at least 4 members (excludes halogenated alkanes) is 4. The largest absolute Gasteiger partial charge is 0.387 e. The van der Waals surface area contributed by atoms with Crippen LogP contribution >= 0.6 is 15.9 Å². The molecule has 0 aliphatic heterocycles. The fourth-order valence-electron chi connectivity index (χ4n) is 4.10. The minimum absolute atomic E-state index is 0.454. The highest BCUT2D eigenvalue weighted by molar-refractivity contribution is 9.10. The molecule has 0 aliphatic rings. The molecule has 0 radical (unpaired) electrons. The van der Waals surface area contributed by atoms with Gasteiger partial charge in [0.25, 0.3) is 0 Å². The summed E-state index contributed by atoms with van der Waals surface area (Å²) in [4.78, 5) is 2.46. The number of rotatable bonds is 11. The van der Waals surface area contributed by atoms with Crippen LogP contribution in [0.15, 0.2) is 53.0 Å². The molecule has 2 nitrogen and oxygen atoms in total. The second-order valence-electron chi connectivity index (χ2n) is 8.12. The Morgan fingerprint density at radius 3 is 2.14 bits per heavy atom. The molecular weight excluding hydrogens is 422 g/mol. The van der Waals surface area contributed by atoms with Gasteiger partial charge in [-0.2, -0.15) is 0 Å². The van der Waals surface area contributed by atoms with Crippen LogP contribution in [-0.2, 0) is 0 Å². The molecule has 0 heterocycles. The standard InChI is InChI=1S/C26H34BrNO/c1-3-5-9-15-28(16-10-6-4-2)19-26(29)21-14-13-20-18-25(27)23-12-8-7-11-22(23)24(20)17-21/h7-8,11-14,17-18,26,29H,3-6,9-10,15-16,19H2,1-2H3/t26-/m1/s1. The van der Waals surface area contributed by atoms with E-state index < -0.39 is 6.10 Å². The lowest BCUT2D eigenvalue weighted by atomic mass is 9.98. The molecule has 3 aromatic rings. The lowest BCUT2D eigenvalue weighted by molar-refractivity contribution is 0.110. The molecule has 3 aromatic carbocycles. The van der Waals surface area contributed by atoms with Gasteiger partial charge >= 0.3 is 0 Å². The first-order chi connectivity index (χ1) is 14.1. The summed E-state index contributed by atoms with van der Waals surface area (Å²) in [5, 5.41) is 15.9. The second-order valence-corrected chi connectivity index (χ2v) is 8.97. The van der Waals surface area contributed by atoms with E-state index >= 15 is 0 Å². The Bertz CT molecular complexity index is 913. The van der Waals surface area contributed by atoms with Crippen LogP contribution in [0.1, 0.15) is 64.0 Å². The molecule has 0 spiro atoms. The van der Waals surface area contributed by atoms with Crippen LogP contribution in [0.4, 0.5) is 0 Å². The number of hydrogen-bond donors (Lipinski definition) is 1. The molecule has 0 unspecified atom stereocenters. The van der Waals surface area contributed by atoms with E-state index in [0.717, 1.165) is 23.1 Å². The molecule has 3 rings (SSSR count). The molecule has 0 fully saturated rings. The summed E-state index contributed by atoms with van der Waals surface area (Å²) in [5.74, 6) is 0. The predicted octanol–water partition coefficient (Wildman–Crippen LogP) is 7.47. The number of aliphatic hydroxyl groups excluding tert-OH is 1. The topological polar surface area (TPSA) is 23.5 Å². The Kier molecular flexibility index (Phi) is 8.53. The Morgan fingerprint density at radius 2 is 1.48 bits per heavy atom. The van der Waals surface area contributed by atoms with Gasteiger partial charge in [0.2, 0.25) is 0 Å². The molecule has 1 atom stereocenters. The average Bonchev–Trinajstić information content (AvgIpc) is 2.74. The SMILES string of the molecule is CCCCCN(CCCCC)C[C@@H](O)c1ccc2cc(Br)c3ccccc3c2c1. The molecule has 0 amide bonds. The molecule has 0 bridgehead atoms. The zero-order valence-electron chi connectivity index (χ0n) is 17.8. The van der Waals surface area contributed by atoms with E-state index in [9.17, 15) is 5.11 Å². The van der Waals surface area contributed by atoms with Crippen molar-refractivity contribution in [2.24, 2.45) is 0 Å². The van der Waals surface area contributed by atoms with Crippen LogP contribution in [0.2, 0.25) is 0 Å². The number of hydrogen-bond acceptors (Lipinski definition) is 2. The second kappa shape index (κ2) is 11.1. The van der Waals surface area contributed by atoms with Crippen molar-refractivity contribution in [1.82, 2.24) is 4.90 Å². The van der Waals surface area contributed by atoms with Crippen molar-refractivity contribution >= 4 is 37.5 Å². The van der Waals surface area contributed by atoms with Crippen molar-refractivity contribution in [3.63, 3.8) is 0 Å². The summed E-state index contributed by atoms with van der Waals surface area (Å²) < 4.78 is 1.12. The smallest absolute Gasteiger partial charge is 0.0917 e. The van der Waals surface area contributed by atoms with Gasteiger partial charge in [-0.25, -0.2) is 0 Å². The van der Waals surface area contributed by atoms with Gasteiger partial charge in [-0.1, -0.05) is 91.9 Å². The number of aliphatic hydroxyl groups is 1. The minimum Gasteiger partial charge on any atom is -0.387 e. The molecule has 29 heavy (non-hydrogen) atoms. The maximum Gasteiger partial charge on any atom is 0.0917 e. The molecule has 1 N–H and O–H groups in total. The Morgan fingerprint density at radius 1 is 0.828 bits per heavy atom. The van der Waals surface area contributed by atoms with E-state index in [0.29, 0.717) is 6.54 Å². The van der Waals surface area contributed by atoms with E-state index in [1.165, 1.54) is 60.1 Å². The van der Waals surface area contributed by atoms with Gasteiger partial charge in [0.05, 0.1) is 6.10 Å². The predicted molar refractivity (Wildman–Crippen MR) is 130 cm³/mol. The first-order valence-corrected chi connectivity index (χ1v) is 11.9. The van der Waals surface area contributed by atoms with E-state index in [4.69, 9.17) is 0 Å². The first-order valence-electron chi connectivity index (χ1n) is 11.1. The molecule has 156 valence electrons. The van der Waals surface area contributed by atoms with Crippen molar-refractivity contribution in [2.45, 2.75) is 58.5 Å². The Balaban J connectivity index is 1.81. The Labute approximate surface area is 184 Å². The monoisotopic (exact) mass is 455 g/mol. The fraction of sp³-hybridized carbons (Fsp3) is 0.462. The van der Waals surface area contributed by atoms with Gasteiger partial charge in [-0.15, -0.1) is 0 Å². The van der Waals surface area contributed by atoms with E-state index in [-0.39, 0.29) is 0 Å². The first kappa shape index (κ1) is 22.3. The van der Waals surface area contributed by atoms with Crippen LogP contribution in [0.5, 0.6) is 0 Å². The van der Waals surface area contributed by atoms with Crippen molar-refractivity contribution in [3.8, 4) is 0 Å². The van der Waals surface area contributed by atoms with Crippen molar-refractivity contribution < 1.29 is 5.11 Å². The summed E-state index contributed by atoms with van der Waals surface area (Å²) in [7, 11) is 0. The van der Waals surface area contributed by atoms with E-state index in [1.807, 2.05) is 0 Å². The summed E-state index contributed by atoms with van der Waals surface area (Å²) in [6, 6.07) is 17.1. The maximum atomic E-state index is 11.0. The van der Waals surface area contributed by atoms with Crippen LogP contribution in [0.25, 0.3) is 21.5 Å². The summed E-state index contributed by atoms with van der Waals surface area (Å²) in [6.45, 7) is 7.37. The molecule has 0 aliphatic carbocycles. The van der Waals surface area contributed by atoms with Crippen LogP contribution < -0.4 is 0 Å². The molecule has 0 saturated heterocycles. The highest BCUT2D eigenvalue weighted by atomic mass is 79.9. The number of halogens is 1. The van der Waals surface area contributed by atoms with Gasteiger partial charge in [-0.05, 0) is 65.2 Å². The molecular formula is C26H34BrNO. The third-order valence-corrected chi connectivity index (χ3v) is 6.46. The zero-order chi connectivity index (χ0) is 20.6. The van der Waals surface area contributed by atoms with Crippen molar-refractivity contribution in [3.05, 3.63) is 58.6 Å². The summed E-state index contributed by atoms with van der Waals surface area (Å²) in [6.07, 6.45) is 6.97. The average molecular weight is 456 g/mol. The highest BCUT2D eigenvalue weighted by Gasteiger charge is 2.15. The third kappa shape index (κ3) is 5.81. The highest BCUT2D eigenvalue weighted by Crippen LogP contribution is 2.33. The Hall–Kier alpha value is -1.42. The van der Waals surface area contributed by atoms with E-state index in [2.05, 4.69) is 83.2 Å². The van der Waals surface area contributed by atoms with Crippen LogP contribution in [-0.4, -0.2) is 29.6 Å². The van der Waals surface area contributed by atoms with Gasteiger partial charge in [0.15, 0.2) is 0 Å². The number of nitrogens with zero attached hydrogens (tertiary/aromatic N) is 1. The molecule has 0 saturated carbocycles.